The molecule has 64 heavy (non-hydrogen) atoms. The fourth-order valence-corrected chi connectivity index (χ4v) is 11.1. The van der Waals surface area contributed by atoms with Gasteiger partial charge in [0.25, 0.3) is 0 Å². The number of furan rings is 1. The molecule has 0 spiro atoms. The van der Waals surface area contributed by atoms with Crippen molar-refractivity contribution in [2.45, 2.75) is 24.7 Å². The lowest BCUT2D eigenvalue weighted by molar-refractivity contribution is 0.654. The van der Waals surface area contributed by atoms with Crippen molar-refractivity contribution in [3.63, 3.8) is 0 Å². The third-order valence-electron chi connectivity index (χ3n) is 14.0. The van der Waals surface area contributed by atoms with Gasteiger partial charge < -0.3 is 9.32 Å². The molecule has 1 aromatic heterocycles. The Morgan fingerprint density at radius 2 is 1.12 bits per heavy atom. The zero-order valence-corrected chi connectivity index (χ0v) is 35.9. The van der Waals surface area contributed by atoms with E-state index in [0.29, 0.717) is 0 Å². The van der Waals surface area contributed by atoms with Gasteiger partial charge in [-0.1, -0.05) is 202 Å². The minimum Gasteiger partial charge on any atom is -0.455 e. The summed E-state index contributed by atoms with van der Waals surface area (Å²) in [5, 5.41) is 4.52. The Kier molecular flexibility index (Phi) is 8.61. The molecule has 0 bridgehead atoms. The van der Waals surface area contributed by atoms with E-state index in [1.165, 1.54) is 61.0 Å². The number of rotatable bonds is 8. The summed E-state index contributed by atoms with van der Waals surface area (Å²) in [4.78, 5) is 2.44. The summed E-state index contributed by atoms with van der Waals surface area (Å²) >= 11 is 0. The topological polar surface area (TPSA) is 16.4 Å². The second-order valence-electron chi connectivity index (χ2n) is 17.6. The summed E-state index contributed by atoms with van der Waals surface area (Å²) in [5.41, 5.74) is 17.9. The molecule has 2 aliphatic carbocycles. The Morgan fingerprint density at radius 3 is 1.89 bits per heavy atom. The maximum atomic E-state index is 6.61. The van der Waals surface area contributed by atoms with E-state index in [1.54, 1.807) is 0 Å². The number of fused-ring (bicyclic) bond motifs is 9. The second-order valence-corrected chi connectivity index (χ2v) is 17.6. The molecule has 2 nitrogen and oxygen atoms in total. The molecule has 0 fully saturated rings. The fraction of sp³-hybridized carbons (Fsp3) is 0.0645. The Labute approximate surface area is 374 Å². The van der Waals surface area contributed by atoms with Gasteiger partial charge in [-0.05, 0) is 97.4 Å². The van der Waals surface area contributed by atoms with E-state index in [-0.39, 0.29) is 5.41 Å². The molecule has 0 aliphatic heterocycles. The molecule has 12 rings (SSSR count). The third-order valence-corrected chi connectivity index (χ3v) is 14.0. The summed E-state index contributed by atoms with van der Waals surface area (Å²) in [6, 6.07) is 75.2. The molecule has 1 heterocycles. The van der Waals surface area contributed by atoms with Crippen LogP contribution in [0, 0.1) is 0 Å². The predicted octanol–water partition coefficient (Wildman–Crippen LogP) is 16.4. The number of benzene rings is 9. The summed E-state index contributed by atoms with van der Waals surface area (Å²) in [6.45, 7) is 9.01. The molecular weight excluding hydrogens is 775 g/mol. The molecule has 0 N–H and O–H groups in total. The number of hydrogen-bond donors (Lipinski definition) is 0. The van der Waals surface area contributed by atoms with Crippen LogP contribution < -0.4 is 4.90 Å². The molecule has 0 saturated carbocycles. The van der Waals surface area contributed by atoms with E-state index in [2.05, 4.69) is 244 Å². The molecule has 10 aromatic rings. The van der Waals surface area contributed by atoms with Crippen LogP contribution in [0.5, 0.6) is 0 Å². The number of hydrogen-bond acceptors (Lipinski definition) is 2. The largest absolute Gasteiger partial charge is 0.455 e. The average Bonchev–Trinajstić information content (AvgIpc) is 3.96. The van der Waals surface area contributed by atoms with E-state index in [1.807, 2.05) is 6.08 Å². The zero-order valence-electron chi connectivity index (χ0n) is 35.9. The Balaban J connectivity index is 1.12. The van der Waals surface area contributed by atoms with E-state index in [9.17, 15) is 0 Å². The van der Waals surface area contributed by atoms with Crippen LogP contribution in [0.4, 0.5) is 11.4 Å². The maximum absolute atomic E-state index is 6.61. The van der Waals surface area contributed by atoms with E-state index < -0.39 is 5.41 Å². The van der Waals surface area contributed by atoms with Gasteiger partial charge in [0, 0.05) is 38.9 Å². The van der Waals surface area contributed by atoms with E-state index >= 15 is 0 Å². The minimum atomic E-state index is -0.537. The van der Waals surface area contributed by atoms with Crippen LogP contribution >= 0.6 is 0 Å². The SMILES string of the molecule is C=CC1=C(/C=C/N(c2ccccc2-c2ccc3oc4c5ccccc5ccc4c3c2)c2cccc3c2-c2ccccc2C3(c2ccccc2)c2ccccc2)C(C)(C)c2ccccc21. The lowest BCUT2D eigenvalue weighted by atomic mass is 9.68. The smallest absolute Gasteiger partial charge is 0.143 e. The Hall–Kier alpha value is -7.94. The van der Waals surface area contributed by atoms with Crippen molar-refractivity contribution in [3.05, 3.63) is 270 Å². The number of anilines is 2. The highest BCUT2D eigenvalue weighted by atomic mass is 16.3. The summed E-state index contributed by atoms with van der Waals surface area (Å²) < 4.78 is 6.61. The monoisotopic (exact) mass is 819 g/mol. The lowest BCUT2D eigenvalue weighted by Crippen LogP contribution is -2.28. The highest BCUT2D eigenvalue weighted by Gasteiger charge is 2.47. The Bertz CT molecular complexity index is 3510. The molecule has 2 heteroatoms. The molecule has 2 aliphatic rings. The van der Waals surface area contributed by atoms with E-state index in [0.717, 1.165) is 49.8 Å². The van der Waals surface area contributed by atoms with Crippen molar-refractivity contribution in [1.29, 1.82) is 0 Å². The van der Waals surface area contributed by atoms with Crippen molar-refractivity contribution < 1.29 is 4.42 Å². The molecule has 304 valence electrons. The van der Waals surface area contributed by atoms with Crippen LogP contribution in [-0.2, 0) is 10.8 Å². The first-order valence-corrected chi connectivity index (χ1v) is 22.2. The third kappa shape index (κ3) is 5.45. The molecule has 0 saturated heterocycles. The van der Waals surface area contributed by atoms with Crippen molar-refractivity contribution in [3.8, 4) is 22.3 Å². The molecular formula is C62H45NO. The van der Waals surface area contributed by atoms with Crippen molar-refractivity contribution in [2.75, 3.05) is 4.90 Å². The molecule has 0 amide bonds. The maximum Gasteiger partial charge on any atom is 0.143 e. The summed E-state index contributed by atoms with van der Waals surface area (Å²) in [6.07, 6.45) is 6.68. The highest BCUT2D eigenvalue weighted by Crippen LogP contribution is 2.59. The first-order chi connectivity index (χ1) is 31.5. The van der Waals surface area contributed by atoms with Crippen LogP contribution in [0.3, 0.4) is 0 Å². The number of nitrogens with zero attached hydrogens (tertiary/aromatic N) is 1. The second kappa shape index (κ2) is 14.6. The van der Waals surface area contributed by atoms with E-state index in [4.69, 9.17) is 4.42 Å². The highest BCUT2D eigenvalue weighted by molar-refractivity contribution is 6.15. The predicted molar refractivity (Wildman–Crippen MR) is 268 cm³/mol. The van der Waals surface area contributed by atoms with Gasteiger partial charge in [-0.15, -0.1) is 0 Å². The van der Waals surface area contributed by atoms with Gasteiger partial charge in [-0.2, -0.15) is 0 Å². The molecule has 0 atom stereocenters. The van der Waals surface area contributed by atoms with Crippen molar-refractivity contribution in [2.24, 2.45) is 0 Å². The fourth-order valence-electron chi connectivity index (χ4n) is 11.1. The van der Waals surface area contributed by atoms with Gasteiger partial charge in [-0.25, -0.2) is 0 Å². The van der Waals surface area contributed by atoms with Crippen LogP contribution in [0.2, 0.25) is 0 Å². The average molecular weight is 820 g/mol. The molecule has 9 aromatic carbocycles. The van der Waals surface area contributed by atoms with Crippen LogP contribution in [0.1, 0.15) is 47.2 Å². The standard InChI is InChI=1S/C62H45NO/c1-4-45-48-27-13-16-29-52(48)61(2,3)53(45)38-39-63(56-32-18-15-25-46(56)42-35-37-58-51(40-42)49-36-34-41-20-11-12-26-47(41)60(49)64-58)57-33-19-31-55-59(57)50-28-14-17-30-54(50)62(55,43-21-7-5-8-22-43)44-23-9-6-10-24-44/h4-40H,1H2,2-3H3/b39-38+. The van der Waals surface area contributed by atoms with Crippen LogP contribution in [0.25, 0.3) is 60.5 Å². The van der Waals surface area contributed by atoms with Crippen molar-refractivity contribution in [1.82, 2.24) is 0 Å². The van der Waals surface area contributed by atoms with Crippen molar-refractivity contribution >= 4 is 49.7 Å². The number of para-hydroxylation sites is 1. The van der Waals surface area contributed by atoms with Gasteiger partial charge in [0.15, 0.2) is 0 Å². The van der Waals surface area contributed by atoms with Gasteiger partial charge >= 0.3 is 0 Å². The first-order valence-electron chi connectivity index (χ1n) is 22.2. The summed E-state index contributed by atoms with van der Waals surface area (Å²) in [5.74, 6) is 0. The Morgan fingerprint density at radius 1 is 0.500 bits per heavy atom. The summed E-state index contributed by atoms with van der Waals surface area (Å²) in [7, 11) is 0. The normalized spacial score (nSPS) is 14.6. The van der Waals surface area contributed by atoms with Gasteiger partial charge in [0.05, 0.1) is 16.8 Å². The zero-order chi connectivity index (χ0) is 43.0. The quantitative estimate of drug-likeness (QED) is 0.152. The molecule has 0 unspecified atom stereocenters. The van der Waals surface area contributed by atoms with Gasteiger partial charge in [0.2, 0.25) is 0 Å². The lowest BCUT2D eigenvalue weighted by Gasteiger charge is -2.34. The molecule has 0 radical (unpaired) electrons. The minimum absolute atomic E-state index is 0.236. The number of allylic oxidation sites excluding steroid dienone is 4. The first kappa shape index (κ1) is 37.8. The van der Waals surface area contributed by atoms with Crippen LogP contribution in [-0.4, -0.2) is 0 Å². The van der Waals surface area contributed by atoms with Gasteiger partial charge in [0.1, 0.15) is 11.2 Å². The van der Waals surface area contributed by atoms with Crippen LogP contribution in [0.15, 0.2) is 241 Å². The van der Waals surface area contributed by atoms with Gasteiger partial charge in [-0.3, -0.25) is 0 Å².